The molecule has 3 aromatic rings. The Kier molecular flexibility index (Phi) is 6.35. The highest BCUT2D eigenvalue weighted by atomic mass is 35.5. The molecular weight excluding hydrogens is 531 g/mol. The number of anilines is 1. The molecule has 2 atom stereocenters. The second-order valence-electron chi connectivity index (χ2n) is 10.9. The number of aryl methyl sites for hydroxylation is 2. The Morgan fingerprint density at radius 1 is 0.744 bits per heavy atom. The van der Waals surface area contributed by atoms with Gasteiger partial charge in [0, 0.05) is 18.7 Å². The molecular formula is C32H30Cl2N2O3. The summed E-state index contributed by atoms with van der Waals surface area (Å²) in [7, 11) is 0. The van der Waals surface area contributed by atoms with E-state index in [4.69, 9.17) is 23.2 Å². The van der Waals surface area contributed by atoms with Crippen LogP contribution in [0.1, 0.15) is 59.1 Å². The standard InChI is InChI=1S/C32H30Cl2N2O3/c1-19-11-10-12-20(2)28(19)35-25(37)17-4-3-9-18-36-29(38)26-27(30(36)39)32(34)22-14-6-5-13-21(22)31(26,33)23-15-7-8-16-24(23)32/h5-8,10-16,26-27H,3-4,9,17-18H2,1-2H3,(H,35,37)/t26-,27-,31?,32?/m0/s1. The first-order valence-electron chi connectivity index (χ1n) is 13.5. The second-order valence-corrected chi connectivity index (χ2v) is 12.1. The minimum absolute atomic E-state index is 0.0352. The highest BCUT2D eigenvalue weighted by molar-refractivity contribution is 6.36. The third kappa shape index (κ3) is 3.70. The van der Waals surface area contributed by atoms with Crippen molar-refractivity contribution in [1.29, 1.82) is 0 Å². The van der Waals surface area contributed by atoms with Crippen LogP contribution in [0.15, 0.2) is 66.7 Å². The number of likely N-dealkylation sites (tertiary alicyclic amines) is 1. The number of nitrogens with zero attached hydrogens (tertiary/aromatic N) is 1. The van der Waals surface area contributed by atoms with Gasteiger partial charge in [0.2, 0.25) is 17.7 Å². The molecule has 200 valence electrons. The normalized spacial score (nSPS) is 26.3. The van der Waals surface area contributed by atoms with Crippen LogP contribution in [0, 0.1) is 25.7 Å². The van der Waals surface area contributed by atoms with E-state index in [1.165, 1.54) is 4.90 Å². The lowest BCUT2D eigenvalue weighted by Crippen LogP contribution is -2.57. The van der Waals surface area contributed by atoms with E-state index in [1.807, 2.05) is 80.6 Å². The van der Waals surface area contributed by atoms with Crippen molar-refractivity contribution in [3.05, 3.63) is 100 Å². The van der Waals surface area contributed by atoms with Gasteiger partial charge in [0.25, 0.3) is 0 Å². The Morgan fingerprint density at radius 3 is 1.67 bits per heavy atom. The fourth-order valence-corrected chi connectivity index (χ4v) is 7.99. The molecule has 2 bridgehead atoms. The maximum atomic E-state index is 13.8. The molecule has 7 heteroatoms. The smallest absolute Gasteiger partial charge is 0.235 e. The minimum atomic E-state index is -1.15. The number of rotatable bonds is 7. The Balaban J connectivity index is 1.16. The van der Waals surface area contributed by atoms with E-state index in [0.717, 1.165) is 39.1 Å². The number of carbonyl (C=O) groups excluding carboxylic acids is 3. The van der Waals surface area contributed by atoms with Crippen LogP contribution < -0.4 is 5.32 Å². The lowest BCUT2D eigenvalue weighted by Gasteiger charge is -2.54. The van der Waals surface area contributed by atoms with Crippen LogP contribution in [0.5, 0.6) is 0 Å². The summed E-state index contributed by atoms with van der Waals surface area (Å²) >= 11 is 14.9. The average Bonchev–Trinajstić information content (AvgIpc) is 3.19. The molecule has 1 heterocycles. The van der Waals surface area contributed by atoms with Crippen molar-refractivity contribution >= 4 is 46.6 Å². The first kappa shape index (κ1) is 26.1. The Labute approximate surface area is 238 Å². The van der Waals surface area contributed by atoms with Gasteiger partial charge in [-0.15, -0.1) is 23.2 Å². The van der Waals surface area contributed by atoms with Gasteiger partial charge in [-0.3, -0.25) is 19.3 Å². The topological polar surface area (TPSA) is 66.5 Å². The average molecular weight is 562 g/mol. The number of hydrogen-bond donors (Lipinski definition) is 1. The molecule has 0 unspecified atom stereocenters. The number of alkyl halides is 2. The Hall–Kier alpha value is -3.15. The third-order valence-corrected chi connectivity index (χ3v) is 9.99. The quantitative estimate of drug-likeness (QED) is 0.206. The number of halogens is 2. The molecule has 1 saturated heterocycles. The van der Waals surface area contributed by atoms with Crippen LogP contribution in [0.25, 0.3) is 0 Å². The lowest BCUT2D eigenvalue weighted by molar-refractivity contribution is -0.140. The highest BCUT2D eigenvalue weighted by Crippen LogP contribution is 2.69. The fourth-order valence-electron chi connectivity index (χ4n) is 6.89. The van der Waals surface area contributed by atoms with Crippen LogP contribution in [0.2, 0.25) is 0 Å². The van der Waals surface area contributed by atoms with Crippen molar-refractivity contribution in [3.63, 3.8) is 0 Å². The minimum Gasteiger partial charge on any atom is -0.326 e. The molecule has 3 amide bonds. The number of para-hydroxylation sites is 1. The number of nitrogens with one attached hydrogen (secondary N) is 1. The van der Waals surface area contributed by atoms with Crippen molar-refractivity contribution < 1.29 is 14.4 Å². The highest BCUT2D eigenvalue weighted by Gasteiger charge is 2.72. The molecule has 7 rings (SSSR count). The molecule has 4 aliphatic rings. The summed E-state index contributed by atoms with van der Waals surface area (Å²) in [6.45, 7) is 4.24. The zero-order valence-corrected chi connectivity index (χ0v) is 23.5. The number of unbranched alkanes of at least 4 members (excludes halogenated alkanes) is 2. The molecule has 1 aliphatic heterocycles. The molecule has 0 radical (unpaired) electrons. The van der Waals surface area contributed by atoms with Gasteiger partial charge in [-0.1, -0.05) is 73.2 Å². The van der Waals surface area contributed by atoms with Gasteiger partial charge in [-0.2, -0.15) is 0 Å². The van der Waals surface area contributed by atoms with Crippen LogP contribution >= 0.6 is 23.2 Å². The number of amides is 3. The molecule has 0 aromatic heterocycles. The van der Waals surface area contributed by atoms with E-state index in [9.17, 15) is 14.4 Å². The second kappa shape index (κ2) is 9.50. The van der Waals surface area contributed by atoms with Gasteiger partial charge in [0.15, 0.2) is 0 Å². The Morgan fingerprint density at radius 2 is 1.21 bits per heavy atom. The van der Waals surface area contributed by atoms with E-state index in [-0.39, 0.29) is 24.3 Å². The number of carbonyl (C=O) groups is 3. The largest absolute Gasteiger partial charge is 0.326 e. The van der Waals surface area contributed by atoms with Crippen LogP contribution in [0.4, 0.5) is 5.69 Å². The van der Waals surface area contributed by atoms with Crippen LogP contribution in [-0.2, 0) is 24.1 Å². The van der Waals surface area contributed by atoms with Gasteiger partial charge in [0.1, 0.15) is 9.75 Å². The molecule has 5 nitrogen and oxygen atoms in total. The van der Waals surface area contributed by atoms with Gasteiger partial charge in [-0.25, -0.2) is 0 Å². The summed E-state index contributed by atoms with van der Waals surface area (Å²) < 4.78 is 0. The monoisotopic (exact) mass is 560 g/mol. The lowest BCUT2D eigenvalue weighted by atomic mass is 9.54. The van der Waals surface area contributed by atoms with Crippen molar-refractivity contribution in [3.8, 4) is 0 Å². The third-order valence-electron chi connectivity index (χ3n) is 8.71. The van der Waals surface area contributed by atoms with E-state index < -0.39 is 21.6 Å². The maximum absolute atomic E-state index is 13.8. The summed E-state index contributed by atoms with van der Waals surface area (Å²) in [4.78, 5) is 39.3. The molecule has 1 N–H and O–H groups in total. The number of benzene rings is 3. The molecule has 1 fully saturated rings. The van der Waals surface area contributed by atoms with Crippen LogP contribution in [-0.4, -0.2) is 29.2 Å². The van der Waals surface area contributed by atoms with Gasteiger partial charge >= 0.3 is 0 Å². The van der Waals surface area contributed by atoms with Gasteiger partial charge in [-0.05, 0) is 60.1 Å². The predicted octanol–water partition coefficient (Wildman–Crippen LogP) is 6.40. The molecule has 3 aromatic carbocycles. The van der Waals surface area contributed by atoms with Crippen LogP contribution in [0.3, 0.4) is 0 Å². The van der Waals surface area contributed by atoms with Gasteiger partial charge in [0.05, 0.1) is 11.8 Å². The maximum Gasteiger partial charge on any atom is 0.235 e. The Bertz CT molecular complexity index is 1380. The summed E-state index contributed by atoms with van der Waals surface area (Å²) in [6.07, 6.45) is 2.36. The summed E-state index contributed by atoms with van der Waals surface area (Å²) in [5.74, 6) is -2.09. The van der Waals surface area contributed by atoms with E-state index >= 15 is 0 Å². The molecule has 39 heavy (non-hydrogen) atoms. The van der Waals surface area contributed by atoms with Crippen molar-refractivity contribution in [1.82, 2.24) is 4.90 Å². The van der Waals surface area contributed by atoms with Gasteiger partial charge < -0.3 is 5.32 Å². The summed E-state index contributed by atoms with van der Waals surface area (Å²) in [5.41, 5.74) is 6.14. The predicted molar refractivity (Wildman–Crippen MR) is 153 cm³/mol. The van der Waals surface area contributed by atoms with Crippen molar-refractivity contribution in [2.75, 3.05) is 11.9 Å². The van der Waals surface area contributed by atoms with E-state index in [0.29, 0.717) is 25.7 Å². The molecule has 0 spiro atoms. The first-order valence-corrected chi connectivity index (χ1v) is 14.3. The molecule has 3 aliphatic carbocycles. The molecule has 0 saturated carbocycles. The van der Waals surface area contributed by atoms with Crippen molar-refractivity contribution in [2.45, 2.75) is 49.3 Å². The first-order chi connectivity index (χ1) is 18.7. The zero-order valence-electron chi connectivity index (χ0n) is 22.0. The summed E-state index contributed by atoms with van der Waals surface area (Å²) in [5, 5.41) is 3.01. The summed E-state index contributed by atoms with van der Waals surface area (Å²) in [6, 6.07) is 21.2. The van der Waals surface area contributed by atoms with E-state index in [1.54, 1.807) is 0 Å². The fraction of sp³-hybridized carbons (Fsp3) is 0.344. The SMILES string of the molecule is Cc1cccc(C)c1NC(=O)CCCCCN1C(=O)[C@@H]2[C@@H](C1=O)C1(Cl)c3ccccc3C2(Cl)c2ccccc21. The van der Waals surface area contributed by atoms with E-state index in [2.05, 4.69) is 5.32 Å². The zero-order chi connectivity index (χ0) is 27.5. The number of imide groups is 1. The number of hydrogen-bond acceptors (Lipinski definition) is 3. The van der Waals surface area contributed by atoms with Crippen molar-refractivity contribution in [2.24, 2.45) is 11.8 Å².